The number of hydrogen-bond donors (Lipinski definition) is 2. The Morgan fingerprint density at radius 2 is 1.49 bits per heavy atom. The number of carboxylic acids is 1. The number of ketones is 1. The number of aliphatic carboxylic acids is 1. The molecular weight excluding hydrogens is 450 g/mol. The van der Waals surface area contributed by atoms with Gasteiger partial charge in [-0.2, -0.15) is 0 Å². The van der Waals surface area contributed by atoms with E-state index in [-0.39, 0.29) is 23.3 Å². The van der Waals surface area contributed by atoms with Crippen LogP contribution in [0.3, 0.4) is 0 Å². The van der Waals surface area contributed by atoms with Crippen LogP contribution in [0.25, 0.3) is 5.76 Å². The average Bonchev–Trinajstić information content (AvgIpc) is 3.14. The van der Waals surface area contributed by atoms with Gasteiger partial charge in [-0.25, -0.2) is 4.79 Å². The molecule has 1 heterocycles. The summed E-state index contributed by atoms with van der Waals surface area (Å²) in [6.07, 6.45) is -0.189. The van der Waals surface area contributed by atoms with E-state index in [2.05, 4.69) is 0 Å². The number of hydrogen-bond acceptors (Lipinski definition) is 6. The van der Waals surface area contributed by atoms with E-state index in [1.807, 2.05) is 0 Å². The molecule has 0 aromatic heterocycles. The van der Waals surface area contributed by atoms with E-state index in [9.17, 15) is 24.3 Å². The monoisotopic (exact) mass is 471 g/mol. The molecule has 176 valence electrons. The van der Waals surface area contributed by atoms with Gasteiger partial charge in [0.05, 0.1) is 30.7 Å². The first-order chi connectivity index (χ1) is 16.8. The molecule has 1 aliphatic heterocycles. The second kappa shape index (κ2) is 9.64. The second-order valence-corrected chi connectivity index (χ2v) is 7.89. The van der Waals surface area contributed by atoms with Crippen LogP contribution in [-0.4, -0.2) is 41.0 Å². The minimum Gasteiger partial charge on any atom is -0.507 e. The van der Waals surface area contributed by atoms with E-state index in [0.717, 1.165) is 0 Å². The van der Waals surface area contributed by atoms with Crippen molar-refractivity contribution in [1.82, 2.24) is 0 Å². The van der Waals surface area contributed by atoms with Gasteiger partial charge in [0.15, 0.2) is 0 Å². The van der Waals surface area contributed by atoms with Gasteiger partial charge in [0.1, 0.15) is 5.76 Å². The third-order valence-corrected chi connectivity index (χ3v) is 5.71. The molecule has 1 saturated heterocycles. The average molecular weight is 471 g/mol. The minimum absolute atomic E-state index is 0.0957. The fourth-order valence-electron chi connectivity index (χ4n) is 4.03. The van der Waals surface area contributed by atoms with E-state index in [1.165, 1.54) is 24.1 Å². The third kappa shape index (κ3) is 4.54. The summed E-state index contributed by atoms with van der Waals surface area (Å²) in [6.45, 7) is 0. The van der Waals surface area contributed by atoms with Crippen LogP contribution in [0.4, 0.5) is 5.69 Å². The van der Waals surface area contributed by atoms with Crippen LogP contribution in [0.2, 0.25) is 0 Å². The normalized spacial score (nSPS) is 16.8. The highest BCUT2D eigenvalue weighted by atomic mass is 16.5. The van der Waals surface area contributed by atoms with E-state index >= 15 is 0 Å². The van der Waals surface area contributed by atoms with Crippen molar-refractivity contribution >= 4 is 35.1 Å². The van der Waals surface area contributed by atoms with Crippen LogP contribution in [0.15, 0.2) is 84.4 Å². The third-order valence-electron chi connectivity index (χ3n) is 5.71. The number of carbonyl (C=O) groups is 4. The quantitative estimate of drug-likeness (QED) is 0.243. The lowest BCUT2D eigenvalue weighted by molar-refractivity contribution is -0.136. The predicted molar refractivity (Wildman–Crippen MR) is 127 cm³/mol. The lowest BCUT2D eigenvalue weighted by Crippen LogP contribution is -2.29. The Morgan fingerprint density at radius 1 is 0.857 bits per heavy atom. The summed E-state index contributed by atoms with van der Waals surface area (Å²) in [4.78, 5) is 50.5. The highest BCUT2D eigenvalue weighted by Gasteiger charge is 2.47. The summed E-state index contributed by atoms with van der Waals surface area (Å²) in [7, 11) is 1.26. The van der Waals surface area contributed by atoms with Crippen LogP contribution in [0.1, 0.15) is 33.1 Å². The lowest BCUT2D eigenvalue weighted by Gasteiger charge is -2.25. The Labute approximate surface area is 200 Å². The second-order valence-electron chi connectivity index (χ2n) is 7.89. The molecule has 0 bridgehead atoms. The molecule has 1 aliphatic rings. The van der Waals surface area contributed by atoms with Crippen molar-refractivity contribution in [3.8, 4) is 0 Å². The zero-order valence-corrected chi connectivity index (χ0v) is 18.7. The molecule has 3 aromatic carbocycles. The van der Waals surface area contributed by atoms with E-state index in [4.69, 9.17) is 9.84 Å². The van der Waals surface area contributed by atoms with Crippen molar-refractivity contribution in [3.63, 3.8) is 0 Å². The lowest BCUT2D eigenvalue weighted by atomic mass is 9.94. The summed E-state index contributed by atoms with van der Waals surface area (Å²) in [5.74, 6) is -3.55. The van der Waals surface area contributed by atoms with E-state index in [0.29, 0.717) is 22.4 Å². The Kier molecular flexibility index (Phi) is 6.46. The van der Waals surface area contributed by atoms with Crippen molar-refractivity contribution in [2.75, 3.05) is 12.0 Å². The number of aliphatic hydroxyl groups is 1. The zero-order valence-electron chi connectivity index (χ0n) is 18.7. The van der Waals surface area contributed by atoms with Gasteiger partial charge in [0.25, 0.3) is 11.7 Å². The molecule has 1 atom stereocenters. The summed E-state index contributed by atoms with van der Waals surface area (Å²) in [5, 5.41) is 20.1. The van der Waals surface area contributed by atoms with Crippen LogP contribution in [0.5, 0.6) is 0 Å². The maximum Gasteiger partial charge on any atom is 0.337 e. The minimum atomic E-state index is -0.994. The molecule has 3 aromatic rings. The van der Waals surface area contributed by atoms with Gasteiger partial charge in [-0.15, -0.1) is 0 Å². The molecule has 0 aliphatic carbocycles. The van der Waals surface area contributed by atoms with Gasteiger partial charge >= 0.3 is 11.9 Å². The largest absolute Gasteiger partial charge is 0.507 e. The van der Waals surface area contributed by atoms with Crippen LogP contribution in [-0.2, 0) is 25.5 Å². The number of anilines is 1. The molecule has 4 rings (SSSR count). The summed E-state index contributed by atoms with van der Waals surface area (Å²) >= 11 is 0. The number of rotatable bonds is 6. The van der Waals surface area contributed by atoms with Gasteiger partial charge in [-0.3, -0.25) is 19.3 Å². The number of aliphatic hydroxyl groups excluding tert-OH is 1. The van der Waals surface area contributed by atoms with Crippen LogP contribution in [0, 0.1) is 0 Å². The molecule has 8 heteroatoms. The number of benzene rings is 3. The first-order valence-corrected chi connectivity index (χ1v) is 10.7. The molecule has 1 amide bonds. The Morgan fingerprint density at radius 3 is 2.06 bits per heavy atom. The molecule has 0 radical (unpaired) electrons. The Bertz CT molecular complexity index is 1330. The fourth-order valence-corrected chi connectivity index (χ4v) is 4.03. The fraction of sp³-hybridized carbons (Fsp3) is 0.111. The Hall–Kier alpha value is -4.72. The predicted octanol–water partition coefficient (Wildman–Crippen LogP) is 3.73. The molecule has 1 fully saturated rings. The van der Waals surface area contributed by atoms with Gasteiger partial charge in [0.2, 0.25) is 0 Å². The first kappa shape index (κ1) is 23.4. The number of amides is 1. The molecule has 1 unspecified atom stereocenters. The highest BCUT2D eigenvalue weighted by molar-refractivity contribution is 6.51. The van der Waals surface area contributed by atoms with Crippen LogP contribution < -0.4 is 4.90 Å². The number of carboxylic acid groups (broad SMARTS) is 1. The van der Waals surface area contributed by atoms with Gasteiger partial charge < -0.3 is 14.9 Å². The number of ether oxygens (including phenoxy) is 1. The number of Topliss-reactive ketones (excluding diaryl/α,β-unsaturated/α-hetero) is 1. The maximum atomic E-state index is 13.2. The van der Waals surface area contributed by atoms with Gasteiger partial charge in [0, 0.05) is 11.3 Å². The first-order valence-electron chi connectivity index (χ1n) is 10.7. The topological polar surface area (TPSA) is 121 Å². The molecule has 2 N–H and O–H groups in total. The van der Waals surface area contributed by atoms with E-state index in [1.54, 1.807) is 66.7 Å². The number of nitrogens with zero attached hydrogens (tertiary/aromatic N) is 1. The number of esters is 1. The summed E-state index contributed by atoms with van der Waals surface area (Å²) in [6, 6.07) is 19.9. The molecule has 0 spiro atoms. The van der Waals surface area contributed by atoms with Crippen molar-refractivity contribution in [2.45, 2.75) is 12.5 Å². The molecule has 8 nitrogen and oxygen atoms in total. The van der Waals surface area contributed by atoms with E-state index < -0.39 is 29.7 Å². The molecular formula is C27H21NO7. The number of methoxy groups -OCH3 is 1. The summed E-state index contributed by atoms with van der Waals surface area (Å²) in [5.41, 5.74) is 1.94. The maximum absolute atomic E-state index is 13.2. The molecule has 35 heavy (non-hydrogen) atoms. The van der Waals surface area contributed by atoms with Crippen molar-refractivity contribution < 1.29 is 34.1 Å². The van der Waals surface area contributed by atoms with Gasteiger partial charge in [-0.05, 0) is 35.4 Å². The standard InChI is InChI=1S/C27H21NO7/c1-35-27(34)19-11-9-17(10-12-19)23-22(24(31)18-5-3-2-4-6-18)25(32)26(33)28(23)20-13-7-16(8-14-20)15-21(29)30/h2-14,23,31H,15H2,1H3,(H,29,30)/b24-22+. The zero-order chi connectivity index (χ0) is 25.1. The SMILES string of the molecule is COC(=O)c1ccc(C2/C(=C(\O)c3ccccc3)C(=O)C(=O)N2c2ccc(CC(=O)O)cc2)cc1. The smallest absolute Gasteiger partial charge is 0.337 e. The van der Waals surface area contributed by atoms with Crippen molar-refractivity contribution in [3.05, 3.63) is 107 Å². The Balaban J connectivity index is 1.86. The summed E-state index contributed by atoms with van der Waals surface area (Å²) < 4.78 is 4.73. The van der Waals surface area contributed by atoms with Crippen molar-refractivity contribution in [2.24, 2.45) is 0 Å². The van der Waals surface area contributed by atoms with Gasteiger partial charge in [-0.1, -0.05) is 54.6 Å². The van der Waals surface area contributed by atoms with Crippen LogP contribution >= 0.6 is 0 Å². The molecule has 0 saturated carbocycles. The number of carbonyl (C=O) groups excluding carboxylic acids is 3. The highest BCUT2D eigenvalue weighted by Crippen LogP contribution is 2.42. The van der Waals surface area contributed by atoms with Crippen molar-refractivity contribution in [1.29, 1.82) is 0 Å².